The highest BCUT2D eigenvalue weighted by molar-refractivity contribution is 7.89. The lowest BCUT2D eigenvalue weighted by molar-refractivity contribution is 0.0730. The van der Waals surface area contributed by atoms with Crippen LogP contribution in [-0.2, 0) is 26.0 Å². The van der Waals surface area contributed by atoms with Gasteiger partial charge in [0.2, 0.25) is 10.0 Å². The Labute approximate surface area is 184 Å². The van der Waals surface area contributed by atoms with Crippen molar-refractivity contribution in [1.82, 2.24) is 8.87 Å². The minimum Gasteiger partial charge on any atom is -0.383 e. The third-order valence-electron chi connectivity index (χ3n) is 5.01. The van der Waals surface area contributed by atoms with Crippen molar-refractivity contribution in [3.63, 3.8) is 0 Å². The minimum absolute atomic E-state index is 0.156. The summed E-state index contributed by atoms with van der Waals surface area (Å²) in [5, 5.41) is 0. The van der Waals surface area contributed by atoms with Crippen molar-refractivity contribution in [2.75, 3.05) is 40.0 Å². The lowest BCUT2D eigenvalue weighted by Crippen LogP contribution is -2.40. The molecule has 0 unspecified atom stereocenters. The summed E-state index contributed by atoms with van der Waals surface area (Å²) < 4.78 is 40.3. The van der Waals surface area contributed by atoms with Gasteiger partial charge in [-0.15, -0.1) is 0 Å². The molecule has 164 valence electrons. The summed E-state index contributed by atoms with van der Waals surface area (Å²) in [4.78, 5) is 17.8. The van der Waals surface area contributed by atoms with E-state index in [9.17, 15) is 13.2 Å². The lowest BCUT2D eigenvalue weighted by Gasteiger charge is -2.26. The van der Waals surface area contributed by atoms with E-state index in [1.54, 1.807) is 7.11 Å². The maximum absolute atomic E-state index is 12.8. The minimum atomic E-state index is -3.60. The van der Waals surface area contributed by atoms with Crippen molar-refractivity contribution in [2.24, 2.45) is 4.99 Å². The largest absolute Gasteiger partial charge is 0.383 e. The Morgan fingerprint density at radius 1 is 1.13 bits per heavy atom. The summed E-state index contributed by atoms with van der Waals surface area (Å²) in [7, 11) is -1.97. The number of benzene rings is 2. The molecule has 0 spiro atoms. The highest BCUT2D eigenvalue weighted by Crippen LogP contribution is 2.19. The van der Waals surface area contributed by atoms with Gasteiger partial charge in [-0.1, -0.05) is 23.5 Å². The molecule has 1 saturated heterocycles. The smallest absolute Gasteiger partial charge is 0.279 e. The van der Waals surface area contributed by atoms with Crippen LogP contribution in [0.3, 0.4) is 0 Å². The third kappa shape index (κ3) is 4.63. The topological polar surface area (TPSA) is 90.2 Å². The molecular weight excluding hydrogens is 438 g/mol. The number of hydrogen-bond donors (Lipinski definition) is 0. The van der Waals surface area contributed by atoms with Crippen LogP contribution in [0.25, 0.3) is 10.2 Å². The van der Waals surface area contributed by atoms with Crippen molar-refractivity contribution in [3.05, 3.63) is 58.9 Å². The van der Waals surface area contributed by atoms with Gasteiger partial charge >= 0.3 is 0 Å². The molecule has 1 amide bonds. The molecule has 10 heteroatoms. The monoisotopic (exact) mass is 461 g/mol. The number of fused-ring (bicyclic) bond motifs is 1. The number of carbonyl (C=O) groups is 1. The zero-order valence-corrected chi connectivity index (χ0v) is 18.7. The Morgan fingerprint density at radius 2 is 1.84 bits per heavy atom. The van der Waals surface area contributed by atoms with E-state index in [-0.39, 0.29) is 4.90 Å². The summed E-state index contributed by atoms with van der Waals surface area (Å²) in [6.45, 7) is 2.48. The standard InChI is InChI=1S/C21H23N3O5S2/c1-28-13-12-24-18-4-2-3-5-19(18)30-21(24)22-20(25)16-6-8-17(9-7-16)31(26,27)23-10-14-29-15-11-23/h2-9H,10-15H2,1H3. The van der Waals surface area contributed by atoms with E-state index in [1.807, 2.05) is 28.8 Å². The lowest BCUT2D eigenvalue weighted by atomic mass is 10.2. The highest BCUT2D eigenvalue weighted by atomic mass is 32.2. The maximum Gasteiger partial charge on any atom is 0.279 e. The van der Waals surface area contributed by atoms with Crippen LogP contribution >= 0.6 is 11.3 Å². The molecule has 0 saturated carbocycles. The Morgan fingerprint density at radius 3 is 2.55 bits per heavy atom. The number of methoxy groups -OCH3 is 1. The molecule has 0 radical (unpaired) electrons. The van der Waals surface area contributed by atoms with E-state index < -0.39 is 15.9 Å². The fourth-order valence-corrected chi connectivity index (χ4v) is 5.82. The van der Waals surface area contributed by atoms with Gasteiger partial charge in [0.25, 0.3) is 5.91 Å². The summed E-state index contributed by atoms with van der Waals surface area (Å²) >= 11 is 1.43. The Bertz CT molecular complexity index is 1240. The quantitative estimate of drug-likeness (QED) is 0.561. The normalized spacial score (nSPS) is 16.1. The first-order valence-corrected chi connectivity index (χ1v) is 12.1. The number of thiazole rings is 1. The van der Waals surface area contributed by atoms with E-state index in [2.05, 4.69) is 4.99 Å². The average Bonchev–Trinajstić information content (AvgIpc) is 3.15. The van der Waals surface area contributed by atoms with Gasteiger partial charge < -0.3 is 14.0 Å². The molecule has 1 aromatic heterocycles. The van der Waals surface area contributed by atoms with Crippen LogP contribution in [0.15, 0.2) is 58.4 Å². The molecule has 2 aromatic carbocycles. The first-order chi connectivity index (χ1) is 15.0. The van der Waals surface area contributed by atoms with Crippen LogP contribution < -0.4 is 4.80 Å². The fourth-order valence-electron chi connectivity index (χ4n) is 3.36. The van der Waals surface area contributed by atoms with Crippen LogP contribution in [0.4, 0.5) is 0 Å². The fraction of sp³-hybridized carbons (Fsp3) is 0.333. The van der Waals surface area contributed by atoms with Gasteiger partial charge in [-0.05, 0) is 36.4 Å². The van der Waals surface area contributed by atoms with Gasteiger partial charge in [-0.2, -0.15) is 9.30 Å². The molecule has 1 aliphatic heterocycles. The first kappa shape index (κ1) is 21.8. The molecule has 1 fully saturated rings. The molecule has 2 heterocycles. The predicted octanol–water partition coefficient (Wildman–Crippen LogP) is 2.11. The number of ether oxygens (including phenoxy) is 2. The van der Waals surface area contributed by atoms with E-state index in [0.29, 0.717) is 49.8 Å². The summed E-state index contributed by atoms with van der Waals surface area (Å²) in [5.41, 5.74) is 1.32. The van der Waals surface area contributed by atoms with E-state index in [0.717, 1.165) is 10.2 Å². The van der Waals surface area contributed by atoms with E-state index in [4.69, 9.17) is 9.47 Å². The number of rotatable bonds is 6. The van der Waals surface area contributed by atoms with Crippen LogP contribution in [0.1, 0.15) is 10.4 Å². The Hall–Kier alpha value is -2.37. The Kier molecular flexibility index (Phi) is 6.63. The molecule has 8 nitrogen and oxygen atoms in total. The molecule has 0 bridgehead atoms. The number of carbonyl (C=O) groups excluding carboxylic acids is 1. The van der Waals surface area contributed by atoms with E-state index >= 15 is 0 Å². The highest BCUT2D eigenvalue weighted by Gasteiger charge is 2.26. The molecular formula is C21H23N3O5S2. The summed E-state index contributed by atoms with van der Waals surface area (Å²) in [5.74, 6) is -0.423. The van der Waals surface area contributed by atoms with Gasteiger partial charge in [-0.3, -0.25) is 4.79 Å². The average molecular weight is 462 g/mol. The van der Waals surface area contributed by atoms with Crippen LogP contribution in [0.2, 0.25) is 0 Å². The second-order valence-electron chi connectivity index (χ2n) is 6.95. The molecule has 0 atom stereocenters. The van der Waals surface area contributed by atoms with E-state index in [1.165, 1.54) is 39.9 Å². The number of nitrogens with zero attached hydrogens (tertiary/aromatic N) is 3. The number of morpholine rings is 1. The van der Waals surface area contributed by atoms with Gasteiger partial charge in [0.1, 0.15) is 0 Å². The van der Waals surface area contributed by atoms with Crippen LogP contribution in [0, 0.1) is 0 Å². The maximum atomic E-state index is 12.8. The summed E-state index contributed by atoms with van der Waals surface area (Å²) in [6.07, 6.45) is 0. The van der Waals surface area contributed by atoms with Gasteiger partial charge in [0.15, 0.2) is 4.80 Å². The molecule has 31 heavy (non-hydrogen) atoms. The molecule has 4 rings (SSSR count). The van der Waals surface area contributed by atoms with Crippen molar-refractivity contribution in [1.29, 1.82) is 0 Å². The summed E-state index contributed by atoms with van der Waals surface area (Å²) in [6, 6.07) is 13.8. The van der Waals surface area contributed by atoms with Crippen molar-refractivity contribution in [2.45, 2.75) is 11.4 Å². The second kappa shape index (κ2) is 9.41. The SMILES string of the molecule is COCCn1c(=NC(=O)c2ccc(S(=O)(=O)N3CCOCC3)cc2)sc2ccccc21. The van der Waals surface area contributed by atoms with Crippen molar-refractivity contribution >= 4 is 37.5 Å². The molecule has 1 aliphatic rings. The van der Waals surface area contributed by atoms with Crippen LogP contribution in [0.5, 0.6) is 0 Å². The molecule has 0 N–H and O–H groups in total. The number of sulfonamides is 1. The Balaban J connectivity index is 1.62. The molecule has 3 aromatic rings. The van der Waals surface area contributed by atoms with Crippen molar-refractivity contribution in [3.8, 4) is 0 Å². The molecule has 0 aliphatic carbocycles. The third-order valence-corrected chi connectivity index (χ3v) is 7.99. The zero-order valence-electron chi connectivity index (χ0n) is 17.1. The first-order valence-electron chi connectivity index (χ1n) is 9.85. The van der Waals surface area contributed by atoms with Crippen molar-refractivity contribution < 1.29 is 22.7 Å². The van der Waals surface area contributed by atoms with Gasteiger partial charge in [-0.25, -0.2) is 8.42 Å². The number of hydrogen-bond acceptors (Lipinski definition) is 6. The predicted molar refractivity (Wildman–Crippen MR) is 118 cm³/mol. The zero-order chi connectivity index (χ0) is 21.8. The van der Waals surface area contributed by atoms with Crippen LogP contribution in [-0.4, -0.2) is 63.2 Å². The number of para-hydroxylation sites is 1. The van der Waals surface area contributed by atoms with Gasteiger partial charge in [0.05, 0.1) is 34.9 Å². The number of aromatic nitrogens is 1. The second-order valence-corrected chi connectivity index (χ2v) is 9.90. The number of amides is 1. The van der Waals surface area contributed by atoms with Gasteiger partial charge in [0, 0.05) is 32.3 Å².